The maximum absolute atomic E-state index is 6.09. The van der Waals surface area contributed by atoms with E-state index in [2.05, 4.69) is 23.6 Å². The van der Waals surface area contributed by atoms with Crippen molar-refractivity contribution in [3.63, 3.8) is 0 Å². The first kappa shape index (κ1) is 13.5. The number of imidazole rings is 1. The highest BCUT2D eigenvalue weighted by atomic mass is 16.5. The van der Waals surface area contributed by atoms with Crippen molar-refractivity contribution in [1.82, 2.24) is 9.38 Å². The molecule has 0 saturated carbocycles. The topological polar surface area (TPSA) is 52.5 Å². The fraction of sp³-hybridized carbons (Fsp3) is 0.235. The molecule has 0 aliphatic heterocycles. The third-order valence-electron chi connectivity index (χ3n) is 3.79. The molecule has 2 aromatic heterocycles. The summed E-state index contributed by atoms with van der Waals surface area (Å²) in [4.78, 5) is 4.72. The Balaban J connectivity index is 2.23. The Hall–Kier alpha value is -2.49. The minimum Gasteiger partial charge on any atom is -0.496 e. The number of nitrogens with two attached hydrogens (primary N) is 1. The third kappa shape index (κ3) is 2.13. The van der Waals surface area contributed by atoms with Gasteiger partial charge in [0.25, 0.3) is 0 Å². The van der Waals surface area contributed by atoms with Gasteiger partial charge in [-0.05, 0) is 56.2 Å². The molecule has 0 amide bonds. The Morgan fingerprint density at radius 1 is 1.14 bits per heavy atom. The molecule has 0 fully saturated rings. The lowest BCUT2D eigenvalue weighted by Gasteiger charge is -2.06. The molecule has 4 heteroatoms. The number of hydrogen-bond donors (Lipinski definition) is 1. The van der Waals surface area contributed by atoms with E-state index in [1.807, 2.05) is 32.0 Å². The molecule has 3 aromatic rings. The molecule has 3 rings (SSSR count). The number of ether oxygens (including phenoxy) is 1. The van der Waals surface area contributed by atoms with Crippen molar-refractivity contribution in [2.75, 3.05) is 12.8 Å². The highest BCUT2D eigenvalue weighted by Crippen LogP contribution is 2.30. The summed E-state index contributed by atoms with van der Waals surface area (Å²) in [5.74, 6) is 0.885. The van der Waals surface area contributed by atoms with Gasteiger partial charge in [0.15, 0.2) is 5.65 Å². The molecule has 4 nitrogen and oxygen atoms in total. The summed E-state index contributed by atoms with van der Waals surface area (Å²) in [7, 11) is 1.68. The van der Waals surface area contributed by atoms with Gasteiger partial charge in [-0.25, -0.2) is 4.98 Å². The molecular formula is C17H19N3O. The number of aryl methyl sites for hydroxylation is 3. The summed E-state index contributed by atoms with van der Waals surface area (Å²) in [5.41, 5.74) is 12.9. The number of aromatic nitrogens is 2. The van der Waals surface area contributed by atoms with Crippen molar-refractivity contribution in [1.29, 1.82) is 0 Å². The number of anilines is 1. The van der Waals surface area contributed by atoms with Crippen molar-refractivity contribution in [3.05, 3.63) is 47.3 Å². The first-order chi connectivity index (χ1) is 10.0. The van der Waals surface area contributed by atoms with Crippen molar-refractivity contribution < 1.29 is 4.74 Å². The van der Waals surface area contributed by atoms with E-state index < -0.39 is 0 Å². The molecule has 0 radical (unpaired) electrons. The summed E-state index contributed by atoms with van der Waals surface area (Å²) in [5, 5.41) is 0. The second-order valence-electron chi connectivity index (χ2n) is 5.40. The Bertz CT molecular complexity index is 834. The second kappa shape index (κ2) is 4.81. The van der Waals surface area contributed by atoms with Gasteiger partial charge in [-0.2, -0.15) is 0 Å². The van der Waals surface area contributed by atoms with Gasteiger partial charge < -0.3 is 14.9 Å². The maximum atomic E-state index is 6.09. The largest absolute Gasteiger partial charge is 0.496 e. The van der Waals surface area contributed by atoms with Gasteiger partial charge in [-0.1, -0.05) is 0 Å². The van der Waals surface area contributed by atoms with Crippen LogP contribution in [0, 0.1) is 20.8 Å². The SMILES string of the molecule is COc1ccc(-c2nc3c(N)cc(C)cn3c2C)cc1C. The van der Waals surface area contributed by atoms with Gasteiger partial charge in [-0.15, -0.1) is 0 Å². The van der Waals surface area contributed by atoms with Gasteiger partial charge in [0.2, 0.25) is 0 Å². The standard InChI is InChI=1S/C17H19N3O/c1-10-7-14(18)17-19-16(12(3)20(17)9-10)13-5-6-15(21-4)11(2)8-13/h5-9H,18H2,1-4H3. The van der Waals surface area contributed by atoms with Crippen LogP contribution < -0.4 is 10.5 Å². The number of nitrogens with zero attached hydrogens (tertiary/aromatic N) is 2. The number of pyridine rings is 1. The Labute approximate surface area is 124 Å². The number of nitrogen functional groups attached to an aromatic ring is 1. The van der Waals surface area contributed by atoms with Crippen LogP contribution in [0.4, 0.5) is 5.69 Å². The summed E-state index contributed by atoms with van der Waals surface area (Å²) in [6.45, 7) is 6.13. The van der Waals surface area contributed by atoms with E-state index in [-0.39, 0.29) is 0 Å². The minimum absolute atomic E-state index is 0.703. The molecule has 0 aliphatic carbocycles. The highest BCUT2D eigenvalue weighted by molar-refractivity contribution is 5.74. The van der Waals surface area contributed by atoms with Crippen molar-refractivity contribution in [2.24, 2.45) is 0 Å². The zero-order chi connectivity index (χ0) is 15.1. The van der Waals surface area contributed by atoms with E-state index in [1.165, 1.54) is 0 Å². The first-order valence-corrected chi connectivity index (χ1v) is 6.91. The van der Waals surface area contributed by atoms with Gasteiger partial charge in [0.1, 0.15) is 5.75 Å². The molecule has 0 atom stereocenters. The molecule has 1 aromatic carbocycles. The van der Waals surface area contributed by atoms with Gasteiger partial charge in [0, 0.05) is 17.5 Å². The van der Waals surface area contributed by atoms with Crippen LogP contribution in [-0.2, 0) is 0 Å². The minimum atomic E-state index is 0.703. The van der Waals surface area contributed by atoms with E-state index in [1.54, 1.807) is 7.11 Å². The fourth-order valence-electron chi connectivity index (χ4n) is 2.73. The smallest absolute Gasteiger partial charge is 0.160 e. The zero-order valence-electron chi connectivity index (χ0n) is 12.8. The van der Waals surface area contributed by atoms with Crippen molar-refractivity contribution in [2.45, 2.75) is 20.8 Å². The van der Waals surface area contributed by atoms with Crippen LogP contribution in [0.5, 0.6) is 5.75 Å². The monoisotopic (exact) mass is 281 g/mol. The molecule has 0 spiro atoms. The number of rotatable bonds is 2. The van der Waals surface area contributed by atoms with Crippen LogP contribution in [-0.4, -0.2) is 16.5 Å². The molecule has 2 N–H and O–H groups in total. The van der Waals surface area contributed by atoms with Crippen LogP contribution in [0.1, 0.15) is 16.8 Å². The number of fused-ring (bicyclic) bond motifs is 1. The quantitative estimate of drug-likeness (QED) is 0.782. The summed E-state index contributed by atoms with van der Waals surface area (Å²) in [6, 6.07) is 8.05. The molecule has 108 valence electrons. The lowest BCUT2D eigenvalue weighted by molar-refractivity contribution is 0.412. The first-order valence-electron chi connectivity index (χ1n) is 6.91. The second-order valence-corrected chi connectivity index (χ2v) is 5.40. The fourth-order valence-corrected chi connectivity index (χ4v) is 2.73. The molecule has 2 heterocycles. The summed E-state index contributed by atoms with van der Waals surface area (Å²) >= 11 is 0. The average molecular weight is 281 g/mol. The van der Waals surface area contributed by atoms with Crippen LogP contribution in [0.2, 0.25) is 0 Å². The van der Waals surface area contributed by atoms with Gasteiger partial charge >= 0.3 is 0 Å². The predicted octanol–water partition coefficient (Wildman–Crippen LogP) is 3.52. The van der Waals surface area contributed by atoms with Gasteiger partial charge in [0.05, 0.1) is 18.5 Å². The van der Waals surface area contributed by atoms with E-state index in [9.17, 15) is 0 Å². The van der Waals surface area contributed by atoms with Crippen LogP contribution in [0.15, 0.2) is 30.5 Å². The van der Waals surface area contributed by atoms with Gasteiger partial charge in [-0.3, -0.25) is 0 Å². The number of methoxy groups -OCH3 is 1. The molecule has 21 heavy (non-hydrogen) atoms. The van der Waals surface area contributed by atoms with Crippen LogP contribution >= 0.6 is 0 Å². The lowest BCUT2D eigenvalue weighted by atomic mass is 10.1. The molecule has 0 unspecified atom stereocenters. The van der Waals surface area contributed by atoms with E-state index in [4.69, 9.17) is 15.5 Å². The normalized spacial score (nSPS) is 11.0. The maximum Gasteiger partial charge on any atom is 0.160 e. The predicted molar refractivity (Wildman–Crippen MR) is 85.8 cm³/mol. The van der Waals surface area contributed by atoms with E-state index in [0.29, 0.717) is 5.69 Å². The van der Waals surface area contributed by atoms with Crippen LogP contribution in [0.25, 0.3) is 16.9 Å². The van der Waals surface area contributed by atoms with Crippen molar-refractivity contribution >= 4 is 11.3 Å². The summed E-state index contributed by atoms with van der Waals surface area (Å²) < 4.78 is 7.37. The molecule has 0 saturated heterocycles. The average Bonchev–Trinajstić information content (AvgIpc) is 2.77. The Morgan fingerprint density at radius 3 is 2.57 bits per heavy atom. The molecule has 0 bridgehead atoms. The number of benzene rings is 1. The van der Waals surface area contributed by atoms with E-state index >= 15 is 0 Å². The zero-order valence-corrected chi connectivity index (χ0v) is 12.8. The highest BCUT2D eigenvalue weighted by Gasteiger charge is 2.13. The van der Waals surface area contributed by atoms with Crippen LogP contribution in [0.3, 0.4) is 0 Å². The third-order valence-corrected chi connectivity index (χ3v) is 3.79. The Morgan fingerprint density at radius 2 is 1.90 bits per heavy atom. The Kier molecular flexibility index (Phi) is 3.09. The lowest BCUT2D eigenvalue weighted by Crippen LogP contribution is -1.95. The summed E-state index contributed by atoms with van der Waals surface area (Å²) in [6.07, 6.45) is 2.06. The van der Waals surface area contributed by atoms with E-state index in [0.717, 1.165) is 39.5 Å². The molecule has 0 aliphatic rings. The van der Waals surface area contributed by atoms with Crippen molar-refractivity contribution in [3.8, 4) is 17.0 Å². The number of hydrogen-bond acceptors (Lipinski definition) is 3. The molecular weight excluding hydrogens is 262 g/mol.